The molecule has 2 unspecified atom stereocenters. The van der Waals surface area contributed by atoms with Crippen LogP contribution < -0.4 is 0 Å². The van der Waals surface area contributed by atoms with Crippen LogP contribution in [0.4, 0.5) is 0 Å². The molecular weight excluding hydrogens is 214 g/mol. The molecule has 0 N–H and O–H groups in total. The lowest BCUT2D eigenvalue weighted by atomic mass is 9.80. The smallest absolute Gasteiger partial charge is 0.246 e. The number of rotatable bonds is 1. The molecule has 0 saturated carbocycles. The summed E-state index contributed by atoms with van der Waals surface area (Å²) in [5.41, 5.74) is 0.0558. The second-order valence-corrected chi connectivity index (χ2v) is 5.88. The van der Waals surface area contributed by atoms with Crippen LogP contribution in [0.25, 0.3) is 0 Å². The van der Waals surface area contributed by atoms with Crippen molar-refractivity contribution in [1.29, 1.82) is 0 Å². The first-order chi connectivity index (χ1) is 6.73. The third-order valence-electron chi connectivity index (χ3n) is 2.96. The van der Waals surface area contributed by atoms with Crippen molar-refractivity contribution < 1.29 is 9.59 Å². The molecule has 4 heteroatoms. The molecule has 15 heavy (non-hydrogen) atoms. The van der Waals surface area contributed by atoms with Gasteiger partial charge in [-0.1, -0.05) is 20.8 Å². The predicted molar refractivity (Wildman–Crippen MR) is 59.6 cm³/mol. The molecule has 1 rings (SSSR count). The minimum atomic E-state index is -0.618. The molecule has 86 valence electrons. The zero-order chi connectivity index (χ0) is 11.8. The van der Waals surface area contributed by atoms with Gasteiger partial charge < -0.3 is 0 Å². The van der Waals surface area contributed by atoms with E-state index in [1.807, 2.05) is 0 Å². The van der Waals surface area contributed by atoms with Gasteiger partial charge in [0.1, 0.15) is 5.38 Å². The molecule has 3 nitrogen and oxygen atoms in total. The Morgan fingerprint density at radius 3 is 2.40 bits per heavy atom. The van der Waals surface area contributed by atoms with E-state index in [1.165, 1.54) is 4.90 Å². The van der Waals surface area contributed by atoms with Gasteiger partial charge in [-0.15, -0.1) is 11.6 Å². The van der Waals surface area contributed by atoms with Crippen LogP contribution >= 0.6 is 11.6 Å². The molecule has 0 spiro atoms. The van der Waals surface area contributed by atoms with Gasteiger partial charge in [0.05, 0.1) is 0 Å². The summed E-state index contributed by atoms with van der Waals surface area (Å²) >= 11 is 5.69. The molecule has 2 atom stereocenters. The van der Waals surface area contributed by atoms with Crippen LogP contribution in [0, 0.1) is 11.3 Å². The van der Waals surface area contributed by atoms with Crippen LogP contribution in [-0.2, 0) is 9.59 Å². The van der Waals surface area contributed by atoms with Gasteiger partial charge in [0.25, 0.3) is 0 Å². The van der Waals surface area contributed by atoms with Gasteiger partial charge in [0.2, 0.25) is 11.8 Å². The molecule has 0 aromatic rings. The van der Waals surface area contributed by atoms with Gasteiger partial charge in [-0.05, 0) is 18.3 Å². The summed E-state index contributed by atoms with van der Waals surface area (Å²) in [7, 11) is 0. The van der Waals surface area contributed by atoms with Crippen molar-refractivity contribution in [3.8, 4) is 0 Å². The lowest BCUT2D eigenvalue weighted by Gasteiger charge is -2.26. The summed E-state index contributed by atoms with van der Waals surface area (Å²) in [5.74, 6) is -0.120. The van der Waals surface area contributed by atoms with E-state index in [0.29, 0.717) is 13.0 Å². The second-order valence-electron chi connectivity index (χ2n) is 5.23. The van der Waals surface area contributed by atoms with Gasteiger partial charge in [0.15, 0.2) is 0 Å². The van der Waals surface area contributed by atoms with Gasteiger partial charge in [-0.3, -0.25) is 14.5 Å². The Kier molecular flexibility index (Phi) is 3.44. The van der Waals surface area contributed by atoms with Gasteiger partial charge >= 0.3 is 0 Å². The Bertz CT molecular complexity index is 281. The van der Waals surface area contributed by atoms with E-state index in [9.17, 15) is 9.59 Å². The monoisotopic (exact) mass is 231 g/mol. The molecule has 0 aliphatic carbocycles. The lowest BCUT2D eigenvalue weighted by Crippen LogP contribution is -2.37. The average molecular weight is 232 g/mol. The molecule has 0 bridgehead atoms. The average Bonchev–Trinajstić information content (AvgIpc) is 2.45. The summed E-state index contributed by atoms with van der Waals surface area (Å²) in [6.07, 6.45) is 0.457. The fourth-order valence-corrected chi connectivity index (χ4v) is 1.83. The standard InChI is InChI=1S/C11H18ClNO2/c1-7(12)10(15)13-6-8(5-9(13)14)11(2,3)4/h7-8H,5-6H2,1-4H3. The maximum absolute atomic E-state index is 11.6. The minimum Gasteiger partial charge on any atom is -0.281 e. The fourth-order valence-electron chi connectivity index (χ4n) is 1.72. The van der Waals surface area contributed by atoms with Crippen molar-refractivity contribution in [2.45, 2.75) is 39.5 Å². The Morgan fingerprint density at radius 2 is 2.07 bits per heavy atom. The first-order valence-electron chi connectivity index (χ1n) is 5.21. The number of amides is 2. The highest BCUT2D eigenvalue weighted by Gasteiger charge is 2.40. The topological polar surface area (TPSA) is 37.4 Å². The summed E-state index contributed by atoms with van der Waals surface area (Å²) in [5, 5.41) is -0.618. The summed E-state index contributed by atoms with van der Waals surface area (Å²) in [6, 6.07) is 0. The summed E-state index contributed by atoms with van der Waals surface area (Å²) < 4.78 is 0. The van der Waals surface area contributed by atoms with Crippen LogP contribution in [0.2, 0.25) is 0 Å². The molecule has 0 aromatic carbocycles. The van der Waals surface area contributed by atoms with Crippen molar-refractivity contribution in [2.24, 2.45) is 11.3 Å². The van der Waals surface area contributed by atoms with E-state index in [0.717, 1.165) is 0 Å². The van der Waals surface area contributed by atoms with E-state index in [-0.39, 0.29) is 23.1 Å². The van der Waals surface area contributed by atoms with Crippen LogP contribution in [-0.4, -0.2) is 28.6 Å². The number of imide groups is 1. The van der Waals surface area contributed by atoms with Gasteiger partial charge in [-0.25, -0.2) is 0 Å². The van der Waals surface area contributed by atoms with Crippen molar-refractivity contribution in [3.05, 3.63) is 0 Å². The number of halogens is 1. The first kappa shape index (κ1) is 12.5. The van der Waals surface area contributed by atoms with Crippen LogP contribution in [0.1, 0.15) is 34.1 Å². The number of hydrogen-bond donors (Lipinski definition) is 0. The second kappa shape index (κ2) is 4.12. The van der Waals surface area contributed by atoms with Crippen molar-refractivity contribution in [2.75, 3.05) is 6.54 Å². The van der Waals surface area contributed by atoms with E-state index in [4.69, 9.17) is 11.6 Å². The predicted octanol–water partition coefficient (Wildman–Crippen LogP) is 2.03. The molecule has 1 aliphatic heterocycles. The normalized spacial score (nSPS) is 24.5. The van der Waals surface area contributed by atoms with Crippen molar-refractivity contribution in [1.82, 2.24) is 4.90 Å². The fraction of sp³-hybridized carbons (Fsp3) is 0.818. The third kappa shape index (κ3) is 2.71. The summed E-state index contributed by atoms with van der Waals surface area (Å²) in [6.45, 7) is 8.37. The highest BCUT2D eigenvalue weighted by Crippen LogP contribution is 2.34. The molecule has 1 aliphatic rings. The van der Waals surface area contributed by atoms with E-state index in [2.05, 4.69) is 20.8 Å². The molecule has 1 saturated heterocycles. The lowest BCUT2D eigenvalue weighted by molar-refractivity contribution is -0.141. The number of likely N-dealkylation sites (tertiary alicyclic amines) is 1. The molecule has 1 fully saturated rings. The van der Waals surface area contributed by atoms with E-state index < -0.39 is 5.38 Å². The molecule has 2 amide bonds. The van der Waals surface area contributed by atoms with Gasteiger partial charge in [-0.2, -0.15) is 0 Å². The van der Waals surface area contributed by atoms with Crippen molar-refractivity contribution >= 4 is 23.4 Å². The summed E-state index contributed by atoms with van der Waals surface area (Å²) in [4.78, 5) is 24.5. The first-order valence-corrected chi connectivity index (χ1v) is 5.65. The Hall–Kier alpha value is -0.570. The zero-order valence-corrected chi connectivity index (χ0v) is 10.5. The van der Waals surface area contributed by atoms with Gasteiger partial charge in [0, 0.05) is 13.0 Å². The Balaban J connectivity index is 2.73. The van der Waals surface area contributed by atoms with E-state index >= 15 is 0 Å². The highest BCUT2D eigenvalue weighted by atomic mass is 35.5. The quantitative estimate of drug-likeness (QED) is 0.648. The third-order valence-corrected chi connectivity index (χ3v) is 3.14. The maximum Gasteiger partial charge on any atom is 0.246 e. The maximum atomic E-state index is 11.6. The number of nitrogens with zero attached hydrogens (tertiary/aromatic N) is 1. The number of carbonyl (C=O) groups excluding carboxylic acids is 2. The molecular formula is C11H18ClNO2. The Morgan fingerprint density at radius 1 is 1.53 bits per heavy atom. The molecule has 0 radical (unpaired) electrons. The number of hydrogen-bond acceptors (Lipinski definition) is 2. The van der Waals surface area contributed by atoms with Crippen LogP contribution in [0.15, 0.2) is 0 Å². The van der Waals surface area contributed by atoms with Crippen LogP contribution in [0.5, 0.6) is 0 Å². The minimum absolute atomic E-state index is 0.0558. The Labute approximate surface area is 95.8 Å². The number of carbonyl (C=O) groups is 2. The molecule has 1 heterocycles. The zero-order valence-electron chi connectivity index (χ0n) is 9.71. The van der Waals surface area contributed by atoms with Crippen LogP contribution in [0.3, 0.4) is 0 Å². The SMILES string of the molecule is CC(Cl)C(=O)N1CC(C(C)(C)C)CC1=O. The number of alkyl halides is 1. The van der Waals surface area contributed by atoms with Crippen molar-refractivity contribution in [3.63, 3.8) is 0 Å². The largest absolute Gasteiger partial charge is 0.281 e. The van der Waals surface area contributed by atoms with E-state index in [1.54, 1.807) is 6.92 Å². The highest BCUT2D eigenvalue weighted by molar-refractivity contribution is 6.31. The molecule has 0 aromatic heterocycles.